The molecule has 1 saturated heterocycles. The van der Waals surface area contributed by atoms with Gasteiger partial charge >= 0.3 is 0 Å². The summed E-state index contributed by atoms with van der Waals surface area (Å²) >= 11 is 6.02. The number of hydrogen-bond acceptors (Lipinski definition) is 3. The highest BCUT2D eigenvalue weighted by Gasteiger charge is 2.25. The predicted octanol–water partition coefficient (Wildman–Crippen LogP) is 1.35. The molecule has 0 bridgehead atoms. The van der Waals surface area contributed by atoms with Gasteiger partial charge in [0, 0.05) is 26.1 Å². The Bertz CT molecular complexity index is 659. The van der Waals surface area contributed by atoms with E-state index in [1.54, 1.807) is 0 Å². The average Bonchev–Trinajstić information content (AvgIpc) is 3.07. The highest BCUT2D eigenvalue weighted by molar-refractivity contribution is 6.16. The van der Waals surface area contributed by atoms with Crippen LogP contribution < -0.4 is 5.32 Å². The molecule has 0 aliphatic carbocycles. The third kappa shape index (κ3) is 2.08. The van der Waals surface area contributed by atoms with Crippen molar-refractivity contribution in [2.45, 2.75) is 44.7 Å². The van der Waals surface area contributed by atoms with E-state index in [0.717, 1.165) is 35.5 Å². The average molecular weight is 296 g/mol. The molecule has 108 valence electrons. The second-order valence-corrected chi connectivity index (χ2v) is 5.44. The number of rotatable bonds is 4. The number of nitrogens with zero attached hydrogens (tertiary/aromatic N) is 4. The number of aromatic nitrogens is 4. The van der Waals surface area contributed by atoms with Crippen LogP contribution in [0.2, 0.25) is 0 Å². The smallest absolute Gasteiger partial charge is 0.220 e. The lowest BCUT2D eigenvalue weighted by atomic mass is 10.2. The van der Waals surface area contributed by atoms with Crippen molar-refractivity contribution in [1.82, 2.24) is 24.6 Å². The van der Waals surface area contributed by atoms with E-state index in [-0.39, 0.29) is 11.9 Å². The van der Waals surface area contributed by atoms with Crippen molar-refractivity contribution in [2.75, 3.05) is 0 Å². The fourth-order valence-corrected chi connectivity index (χ4v) is 3.06. The van der Waals surface area contributed by atoms with Crippen LogP contribution in [0.4, 0.5) is 0 Å². The first-order valence-electron chi connectivity index (χ1n) is 6.90. The lowest BCUT2D eigenvalue weighted by Crippen LogP contribution is -2.30. The van der Waals surface area contributed by atoms with E-state index < -0.39 is 0 Å². The van der Waals surface area contributed by atoms with Crippen molar-refractivity contribution in [3.05, 3.63) is 11.5 Å². The molecular formula is C13H18ClN5O. The van der Waals surface area contributed by atoms with E-state index in [1.807, 2.05) is 11.7 Å². The largest absolute Gasteiger partial charge is 0.352 e. The van der Waals surface area contributed by atoms with Gasteiger partial charge in [0.15, 0.2) is 5.65 Å². The molecule has 1 aliphatic rings. The first-order chi connectivity index (χ1) is 9.63. The molecule has 0 radical (unpaired) electrons. The summed E-state index contributed by atoms with van der Waals surface area (Å²) in [6, 6.07) is 0.154. The van der Waals surface area contributed by atoms with Gasteiger partial charge in [-0.2, -0.15) is 5.10 Å². The normalized spacial score (nSPS) is 18.9. The summed E-state index contributed by atoms with van der Waals surface area (Å²) in [6.45, 7) is 2.77. The van der Waals surface area contributed by atoms with Gasteiger partial charge in [0.05, 0.1) is 11.6 Å². The minimum atomic E-state index is 0.123. The van der Waals surface area contributed by atoms with Crippen LogP contribution in [0.1, 0.15) is 31.3 Å². The molecular weight excluding hydrogens is 278 g/mol. The van der Waals surface area contributed by atoms with Crippen LogP contribution in [0, 0.1) is 0 Å². The van der Waals surface area contributed by atoms with E-state index in [2.05, 4.69) is 26.9 Å². The number of carbonyl (C=O) groups excluding carboxylic acids is 1. The summed E-state index contributed by atoms with van der Waals surface area (Å²) < 4.78 is 3.94. The maximum Gasteiger partial charge on any atom is 0.220 e. The Morgan fingerprint density at radius 2 is 2.30 bits per heavy atom. The molecule has 2 aromatic heterocycles. The van der Waals surface area contributed by atoms with Crippen LogP contribution in [-0.2, 0) is 30.7 Å². The molecule has 3 rings (SSSR count). The number of carbonyl (C=O) groups is 1. The Balaban J connectivity index is 2.03. The Labute approximate surface area is 122 Å². The zero-order chi connectivity index (χ0) is 14.3. The van der Waals surface area contributed by atoms with Crippen molar-refractivity contribution in [1.29, 1.82) is 0 Å². The van der Waals surface area contributed by atoms with Crippen molar-refractivity contribution in [3.63, 3.8) is 0 Å². The zero-order valence-corrected chi connectivity index (χ0v) is 12.4. The van der Waals surface area contributed by atoms with Gasteiger partial charge in [-0.15, -0.1) is 11.6 Å². The SMILES string of the molecule is CCc1nn(C)c2c1nc(CCl)n2CC1CCC(=O)N1. The van der Waals surface area contributed by atoms with E-state index >= 15 is 0 Å². The number of amides is 1. The van der Waals surface area contributed by atoms with Gasteiger partial charge in [0.2, 0.25) is 5.91 Å². The molecule has 1 atom stereocenters. The molecule has 1 aliphatic heterocycles. The quantitative estimate of drug-likeness (QED) is 0.866. The van der Waals surface area contributed by atoms with Gasteiger partial charge in [-0.25, -0.2) is 4.98 Å². The molecule has 20 heavy (non-hydrogen) atoms. The number of imidazole rings is 1. The zero-order valence-electron chi connectivity index (χ0n) is 11.7. The third-order valence-electron chi connectivity index (χ3n) is 3.81. The predicted molar refractivity (Wildman–Crippen MR) is 76.6 cm³/mol. The third-order valence-corrected chi connectivity index (χ3v) is 4.05. The second kappa shape index (κ2) is 5.09. The highest BCUT2D eigenvalue weighted by atomic mass is 35.5. The fraction of sp³-hybridized carbons (Fsp3) is 0.615. The molecule has 1 amide bonds. The Hall–Kier alpha value is -1.56. The van der Waals surface area contributed by atoms with E-state index in [4.69, 9.17) is 11.6 Å². The summed E-state index contributed by atoms with van der Waals surface area (Å²) in [5.41, 5.74) is 2.90. The topological polar surface area (TPSA) is 64.7 Å². The minimum absolute atomic E-state index is 0.123. The maximum atomic E-state index is 11.3. The summed E-state index contributed by atoms with van der Waals surface area (Å²) in [7, 11) is 1.92. The minimum Gasteiger partial charge on any atom is -0.352 e. The molecule has 1 N–H and O–H groups in total. The molecule has 0 spiro atoms. The molecule has 2 aromatic rings. The van der Waals surface area contributed by atoms with Crippen LogP contribution in [0.3, 0.4) is 0 Å². The van der Waals surface area contributed by atoms with Gasteiger partial charge in [0.1, 0.15) is 11.3 Å². The van der Waals surface area contributed by atoms with Gasteiger partial charge in [-0.1, -0.05) is 6.92 Å². The lowest BCUT2D eigenvalue weighted by Gasteiger charge is -2.13. The van der Waals surface area contributed by atoms with Crippen molar-refractivity contribution < 1.29 is 4.79 Å². The van der Waals surface area contributed by atoms with Crippen LogP contribution in [0.25, 0.3) is 11.2 Å². The van der Waals surface area contributed by atoms with Crippen molar-refractivity contribution >= 4 is 28.7 Å². The summed E-state index contributed by atoms with van der Waals surface area (Å²) in [5, 5.41) is 7.48. The number of fused-ring (bicyclic) bond motifs is 1. The monoisotopic (exact) mass is 295 g/mol. The molecule has 0 aromatic carbocycles. The van der Waals surface area contributed by atoms with Gasteiger partial charge in [-0.05, 0) is 12.8 Å². The van der Waals surface area contributed by atoms with Crippen molar-refractivity contribution in [2.24, 2.45) is 7.05 Å². The first kappa shape index (κ1) is 13.4. The van der Waals surface area contributed by atoms with Crippen LogP contribution in [-0.4, -0.2) is 31.3 Å². The lowest BCUT2D eigenvalue weighted by molar-refractivity contribution is -0.119. The fourth-order valence-electron chi connectivity index (χ4n) is 2.85. The molecule has 1 fully saturated rings. The maximum absolute atomic E-state index is 11.3. The van der Waals surface area contributed by atoms with Crippen molar-refractivity contribution in [3.8, 4) is 0 Å². The first-order valence-corrected chi connectivity index (χ1v) is 7.43. The van der Waals surface area contributed by atoms with E-state index in [0.29, 0.717) is 18.8 Å². The number of nitrogens with one attached hydrogen (secondary N) is 1. The standard InChI is InChI=1S/C13H18ClN5O/c1-3-9-12-13(18(2)17-9)19(10(6-14)16-12)7-8-4-5-11(20)15-8/h8H,3-7H2,1-2H3,(H,15,20). The van der Waals surface area contributed by atoms with E-state index in [9.17, 15) is 4.79 Å². The molecule has 6 nitrogen and oxygen atoms in total. The van der Waals surface area contributed by atoms with Crippen LogP contribution in [0.5, 0.6) is 0 Å². The number of alkyl halides is 1. The highest BCUT2D eigenvalue weighted by Crippen LogP contribution is 2.22. The summed E-state index contributed by atoms with van der Waals surface area (Å²) in [4.78, 5) is 16.0. The van der Waals surface area contributed by atoms with Gasteiger partial charge in [0.25, 0.3) is 0 Å². The molecule has 7 heteroatoms. The number of aryl methyl sites for hydroxylation is 2. The number of hydrogen-bond donors (Lipinski definition) is 1. The van der Waals surface area contributed by atoms with Gasteiger partial charge in [-0.3, -0.25) is 9.48 Å². The Morgan fingerprint density at radius 1 is 1.50 bits per heavy atom. The molecule has 1 unspecified atom stereocenters. The Morgan fingerprint density at radius 3 is 2.90 bits per heavy atom. The molecule has 0 saturated carbocycles. The number of halogens is 1. The Kier molecular flexibility index (Phi) is 3.41. The van der Waals surface area contributed by atoms with Gasteiger partial charge < -0.3 is 9.88 Å². The summed E-state index contributed by atoms with van der Waals surface area (Å²) in [5.74, 6) is 1.32. The van der Waals surface area contributed by atoms with Crippen LogP contribution >= 0.6 is 11.6 Å². The van der Waals surface area contributed by atoms with E-state index in [1.165, 1.54) is 0 Å². The molecule has 3 heterocycles. The summed E-state index contributed by atoms with van der Waals surface area (Å²) in [6.07, 6.45) is 2.30. The van der Waals surface area contributed by atoms with Crippen LogP contribution in [0.15, 0.2) is 0 Å². The second-order valence-electron chi connectivity index (χ2n) is 5.17.